The van der Waals surface area contributed by atoms with Gasteiger partial charge in [-0.2, -0.15) is 0 Å². The van der Waals surface area contributed by atoms with Crippen molar-refractivity contribution >= 4 is 17.8 Å². The molecule has 3 heterocycles. The summed E-state index contributed by atoms with van der Waals surface area (Å²) in [7, 11) is 0. The zero-order chi connectivity index (χ0) is 24.2. The highest BCUT2D eigenvalue weighted by molar-refractivity contribution is 5.91. The maximum atomic E-state index is 13.5. The van der Waals surface area contributed by atoms with Crippen LogP contribution in [0.15, 0.2) is 22.8 Å². The van der Waals surface area contributed by atoms with E-state index in [9.17, 15) is 19.5 Å². The zero-order valence-electron chi connectivity index (χ0n) is 20.2. The Morgan fingerprint density at radius 1 is 0.971 bits per heavy atom. The van der Waals surface area contributed by atoms with E-state index in [1.807, 2.05) is 9.80 Å². The summed E-state index contributed by atoms with van der Waals surface area (Å²) in [5, 5.41) is 13.9. The molecular formula is C26H36N4O5. The van der Waals surface area contributed by atoms with Gasteiger partial charge in [0, 0.05) is 45.3 Å². The van der Waals surface area contributed by atoms with Crippen molar-refractivity contribution in [1.82, 2.24) is 20.0 Å². The highest BCUT2D eigenvalue weighted by Gasteiger charge is 2.58. The molecule has 4 bridgehead atoms. The summed E-state index contributed by atoms with van der Waals surface area (Å²) in [5.41, 5.74) is -0.321. The third kappa shape index (κ3) is 4.11. The summed E-state index contributed by atoms with van der Waals surface area (Å²) in [4.78, 5) is 44.6. The van der Waals surface area contributed by atoms with E-state index in [0.717, 1.165) is 44.9 Å². The van der Waals surface area contributed by atoms with Crippen molar-refractivity contribution in [1.29, 1.82) is 0 Å². The summed E-state index contributed by atoms with van der Waals surface area (Å²) in [6, 6.07) is 3.32. The van der Waals surface area contributed by atoms with E-state index in [1.165, 1.54) is 6.26 Å². The Morgan fingerprint density at radius 3 is 2.37 bits per heavy atom. The number of hydrogen-bond donors (Lipinski definition) is 2. The van der Waals surface area contributed by atoms with Crippen LogP contribution in [0.4, 0.5) is 4.79 Å². The molecule has 6 aliphatic rings. The number of rotatable bonds is 3. The quantitative estimate of drug-likeness (QED) is 0.682. The summed E-state index contributed by atoms with van der Waals surface area (Å²) >= 11 is 0. The van der Waals surface area contributed by atoms with E-state index in [-0.39, 0.29) is 47.2 Å². The van der Waals surface area contributed by atoms with Gasteiger partial charge in [-0.3, -0.25) is 9.59 Å². The molecule has 0 spiro atoms. The van der Waals surface area contributed by atoms with Crippen LogP contribution in [0.25, 0.3) is 0 Å². The summed E-state index contributed by atoms with van der Waals surface area (Å²) in [6.45, 7) is 3.18. The van der Waals surface area contributed by atoms with Crippen molar-refractivity contribution in [2.75, 3.05) is 39.3 Å². The lowest BCUT2D eigenvalue weighted by Crippen LogP contribution is -2.61. The molecule has 4 saturated carbocycles. The second-order valence-corrected chi connectivity index (χ2v) is 11.5. The number of amides is 4. The van der Waals surface area contributed by atoms with E-state index in [0.29, 0.717) is 50.9 Å². The first-order chi connectivity index (χ1) is 16.9. The number of carbonyl (C=O) groups excluding carboxylic acids is 3. The Bertz CT molecular complexity index is 956. The Morgan fingerprint density at radius 2 is 1.69 bits per heavy atom. The number of urea groups is 1. The van der Waals surface area contributed by atoms with Crippen molar-refractivity contribution < 1.29 is 23.9 Å². The highest BCUT2D eigenvalue weighted by atomic mass is 16.3. The maximum absolute atomic E-state index is 13.5. The minimum Gasteiger partial charge on any atom is -0.459 e. The third-order valence-electron chi connectivity index (χ3n) is 9.30. The SMILES string of the molecule is O=C(c1ccco1)N1CCN(C(=O)N2CCC[C@H](NC(=O)C34CC5CC(C3)C(O)C(C5)C4)C2)CC1. The number of likely N-dealkylation sites (tertiary alicyclic amines) is 1. The fourth-order valence-electron chi connectivity index (χ4n) is 7.74. The van der Waals surface area contributed by atoms with Gasteiger partial charge in [0.2, 0.25) is 5.91 Å². The molecule has 4 aliphatic carbocycles. The van der Waals surface area contributed by atoms with Crippen LogP contribution >= 0.6 is 0 Å². The number of nitrogens with zero attached hydrogens (tertiary/aromatic N) is 3. The minimum atomic E-state index is -0.321. The average molecular weight is 485 g/mol. The average Bonchev–Trinajstić information content (AvgIpc) is 3.41. The molecule has 35 heavy (non-hydrogen) atoms. The van der Waals surface area contributed by atoms with Gasteiger partial charge in [0.15, 0.2) is 5.76 Å². The molecule has 0 radical (unpaired) electrons. The van der Waals surface area contributed by atoms with E-state index in [2.05, 4.69) is 5.32 Å². The molecule has 2 unspecified atom stereocenters. The van der Waals surface area contributed by atoms with Crippen molar-refractivity contribution in [3.05, 3.63) is 24.2 Å². The Balaban J connectivity index is 1.03. The highest BCUT2D eigenvalue weighted by Crippen LogP contribution is 2.60. The summed E-state index contributed by atoms with van der Waals surface area (Å²) < 4.78 is 5.22. The smallest absolute Gasteiger partial charge is 0.320 e. The fourth-order valence-corrected chi connectivity index (χ4v) is 7.74. The third-order valence-corrected chi connectivity index (χ3v) is 9.30. The molecule has 3 atom stereocenters. The van der Waals surface area contributed by atoms with Crippen LogP contribution in [-0.2, 0) is 4.79 Å². The molecule has 2 saturated heterocycles. The van der Waals surface area contributed by atoms with E-state index >= 15 is 0 Å². The van der Waals surface area contributed by atoms with Gasteiger partial charge in [-0.1, -0.05) is 0 Å². The Labute approximate surface area is 205 Å². The van der Waals surface area contributed by atoms with E-state index < -0.39 is 0 Å². The number of piperazine rings is 1. The Kier molecular flexibility index (Phi) is 5.78. The van der Waals surface area contributed by atoms with Crippen molar-refractivity contribution in [3.63, 3.8) is 0 Å². The number of piperidine rings is 1. The van der Waals surface area contributed by atoms with Gasteiger partial charge in [0.1, 0.15) is 0 Å². The fraction of sp³-hybridized carbons (Fsp3) is 0.731. The standard InChI is InChI=1S/C26H36N4O5/c31-22-18-11-17-12-19(22)15-26(13-17,14-18)24(33)27-20-3-1-5-30(16-20)25(34)29-8-6-28(7-9-29)23(32)21-4-2-10-35-21/h2,4,10,17-20,22,31H,1,3,5-9,11-16H2,(H,27,33)/t17?,18?,19?,20-,22?,26?/m0/s1. The largest absolute Gasteiger partial charge is 0.459 e. The number of aliphatic hydroxyl groups excluding tert-OH is 1. The molecule has 190 valence electrons. The maximum Gasteiger partial charge on any atom is 0.320 e. The molecule has 2 aliphatic heterocycles. The van der Waals surface area contributed by atoms with Crippen LogP contribution < -0.4 is 5.32 Å². The number of carbonyl (C=O) groups is 3. The second-order valence-electron chi connectivity index (χ2n) is 11.5. The number of nitrogens with one attached hydrogen (secondary N) is 1. The Hall–Kier alpha value is -2.55. The van der Waals surface area contributed by atoms with E-state index in [1.54, 1.807) is 17.0 Å². The minimum absolute atomic E-state index is 0.00743. The van der Waals surface area contributed by atoms with Crippen LogP contribution in [0.1, 0.15) is 55.5 Å². The topological polar surface area (TPSA) is 106 Å². The molecule has 0 aromatic carbocycles. The molecule has 4 amide bonds. The van der Waals surface area contributed by atoms with Gasteiger partial charge in [-0.05, 0) is 74.8 Å². The first-order valence-corrected chi connectivity index (χ1v) is 13.3. The molecule has 2 N–H and O–H groups in total. The molecule has 9 heteroatoms. The molecular weight excluding hydrogens is 448 g/mol. The van der Waals surface area contributed by atoms with Gasteiger partial charge in [0.05, 0.1) is 17.8 Å². The second kappa shape index (κ2) is 8.84. The molecule has 6 fully saturated rings. The summed E-state index contributed by atoms with van der Waals surface area (Å²) in [5.74, 6) is 1.45. The summed E-state index contributed by atoms with van der Waals surface area (Å²) in [6.07, 6.45) is 7.72. The lowest BCUT2D eigenvalue weighted by molar-refractivity contribution is -0.163. The first kappa shape index (κ1) is 22.9. The van der Waals surface area contributed by atoms with Gasteiger partial charge in [-0.25, -0.2) is 4.79 Å². The van der Waals surface area contributed by atoms with Gasteiger partial charge < -0.3 is 29.5 Å². The zero-order valence-corrected chi connectivity index (χ0v) is 20.2. The predicted molar refractivity (Wildman–Crippen MR) is 126 cm³/mol. The van der Waals surface area contributed by atoms with Gasteiger partial charge >= 0.3 is 6.03 Å². The van der Waals surface area contributed by atoms with Crippen molar-refractivity contribution in [2.45, 2.75) is 57.1 Å². The molecule has 9 nitrogen and oxygen atoms in total. The first-order valence-electron chi connectivity index (χ1n) is 13.3. The molecule has 1 aromatic heterocycles. The lowest BCUT2D eigenvalue weighted by atomic mass is 9.48. The van der Waals surface area contributed by atoms with Gasteiger partial charge in [-0.15, -0.1) is 0 Å². The monoisotopic (exact) mass is 484 g/mol. The number of furan rings is 1. The van der Waals surface area contributed by atoms with Crippen LogP contribution in [0.3, 0.4) is 0 Å². The lowest BCUT2D eigenvalue weighted by Gasteiger charge is -2.58. The van der Waals surface area contributed by atoms with Crippen LogP contribution in [0.5, 0.6) is 0 Å². The number of aliphatic hydroxyl groups is 1. The van der Waals surface area contributed by atoms with Crippen LogP contribution in [0, 0.1) is 23.2 Å². The van der Waals surface area contributed by atoms with Crippen LogP contribution in [0.2, 0.25) is 0 Å². The predicted octanol–water partition coefficient (Wildman–Crippen LogP) is 1.93. The van der Waals surface area contributed by atoms with Crippen LogP contribution in [-0.4, -0.2) is 89.1 Å². The number of hydrogen-bond acceptors (Lipinski definition) is 5. The van der Waals surface area contributed by atoms with Crippen molar-refractivity contribution in [2.24, 2.45) is 23.2 Å². The van der Waals surface area contributed by atoms with E-state index in [4.69, 9.17) is 4.42 Å². The molecule has 1 aromatic rings. The van der Waals surface area contributed by atoms with Gasteiger partial charge in [0.25, 0.3) is 5.91 Å². The molecule has 7 rings (SSSR count). The van der Waals surface area contributed by atoms with Crippen molar-refractivity contribution in [3.8, 4) is 0 Å². The normalized spacial score (nSPS) is 36.4.